The van der Waals surface area contributed by atoms with Gasteiger partial charge in [0.2, 0.25) is 5.91 Å². The fraction of sp³-hybridized carbons (Fsp3) is 0.250. The molecule has 0 aliphatic heterocycles. The van der Waals surface area contributed by atoms with Gasteiger partial charge >= 0.3 is 5.69 Å². The molecule has 0 fully saturated rings. The molecule has 0 unspecified atom stereocenters. The zero-order chi connectivity index (χ0) is 19.2. The number of hydrogen-bond acceptors (Lipinski definition) is 4. The quantitative estimate of drug-likeness (QED) is 0.745. The first-order valence-electron chi connectivity index (χ1n) is 7.61. The smallest absolute Gasteiger partial charge is 0.323 e. The van der Waals surface area contributed by atoms with Gasteiger partial charge in [0.1, 0.15) is 11.9 Å². The summed E-state index contributed by atoms with van der Waals surface area (Å²) in [6.45, 7) is 1.57. The van der Waals surface area contributed by atoms with Crippen molar-refractivity contribution in [2.45, 2.75) is 13.0 Å². The average molecular weight is 380 g/mol. The Balaban J connectivity index is 2.02. The van der Waals surface area contributed by atoms with Crippen molar-refractivity contribution >= 4 is 34.4 Å². The minimum Gasteiger partial charge on any atom is -0.323 e. The summed E-state index contributed by atoms with van der Waals surface area (Å²) in [5.74, 6) is -1.00. The van der Waals surface area contributed by atoms with Crippen LogP contribution < -0.4 is 16.6 Å². The lowest BCUT2D eigenvalue weighted by atomic mass is 10.2. The fourth-order valence-electron chi connectivity index (χ4n) is 2.61. The predicted molar refractivity (Wildman–Crippen MR) is 95.0 cm³/mol. The van der Waals surface area contributed by atoms with E-state index in [1.807, 2.05) is 0 Å². The number of nitrogens with one attached hydrogen (secondary N) is 1. The normalized spacial score (nSPS) is 12.3. The van der Waals surface area contributed by atoms with Crippen LogP contribution >= 0.6 is 11.6 Å². The van der Waals surface area contributed by atoms with Gasteiger partial charge in [0.05, 0.1) is 17.0 Å². The third-order valence-electron chi connectivity index (χ3n) is 4.16. The molecule has 1 N–H and O–H groups in total. The monoisotopic (exact) mass is 379 g/mol. The van der Waals surface area contributed by atoms with E-state index in [0.717, 1.165) is 10.6 Å². The number of carbonyl (C=O) groups excluding carboxylic acids is 1. The molecule has 2 aromatic heterocycles. The standard InChI is InChI=1S/C16H15ClFN5O3/c1-8(14(24)20-11-5-4-9(18)6-10(11)17)23-7-19-13-12(23)15(25)22(3)16(26)21(13)2/h4-8H,1-3H3,(H,20,24)/t8-/m0/s1. The van der Waals surface area contributed by atoms with E-state index in [1.54, 1.807) is 6.92 Å². The molecule has 3 rings (SSSR count). The molecule has 2 heterocycles. The topological polar surface area (TPSA) is 90.9 Å². The third-order valence-corrected chi connectivity index (χ3v) is 4.47. The first-order valence-corrected chi connectivity index (χ1v) is 7.98. The SMILES string of the molecule is C[C@@H](C(=O)Nc1ccc(F)cc1Cl)n1cnc2c1c(=O)n(C)c(=O)n2C. The largest absolute Gasteiger partial charge is 0.332 e. The number of carbonyl (C=O) groups is 1. The molecule has 1 aromatic carbocycles. The van der Waals surface area contributed by atoms with Crippen molar-refractivity contribution in [1.29, 1.82) is 0 Å². The first kappa shape index (κ1) is 17.9. The van der Waals surface area contributed by atoms with E-state index in [-0.39, 0.29) is 21.9 Å². The Morgan fingerprint density at radius 1 is 1.27 bits per heavy atom. The number of aromatic nitrogens is 4. The molecule has 0 saturated heterocycles. The Hall–Kier alpha value is -2.94. The highest BCUT2D eigenvalue weighted by Gasteiger charge is 2.22. The van der Waals surface area contributed by atoms with Gasteiger partial charge < -0.3 is 9.88 Å². The lowest BCUT2D eigenvalue weighted by molar-refractivity contribution is -0.118. The van der Waals surface area contributed by atoms with Crippen LogP contribution in [0, 0.1) is 5.82 Å². The third kappa shape index (κ3) is 2.80. The lowest BCUT2D eigenvalue weighted by Crippen LogP contribution is -2.38. The van der Waals surface area contributed by atoms with E-state index in [4.69, 9.17) is 11.6 Å². The highest BCUT2D eigenvalue weighted by Crippen LogP contribution is 2.24. The Morgan fingerprint density at radius 2 is 1.96 bits per heavy atom. The Morgan fingerprint density at radius 3 is 2.62 bits per heavy atom. The number of imidazole rings is 1. The number of halogens is 2. The minimum atomic E-state index is -0.827. The van der Waals surface area contributed by atoms with Gasteiger partial charge in [-0.2, -0.15) is 0 Å². The van der Waals surface area contributed by atoms with Crippen molar-refractivity contribution in [1.82, 2.24) is 18.7 Å². The number of aryl methyl sites for hydroxylation is 1. The van der Waals surface area contributed by atoms with Crippen LogP contribution in [0.25, 0.3) is 11.2 Å². The van der Waals surface area contributed by atoms with Crippen molar-refractivity contribution < 1.29 is 9.18 Å². The molecule has 3 aromatic rings. The van der Waals surface area contributed by atoms with Crippen LogP contribution in [0.3, 0.4) is 0 Å². The molecule has 0 spiro atoms. The molecule has 0 aliphatic carbocycles. The second kappa shape index (κ2) is 6.41. The second-order valence-corrected chi connectivity index (χ2v) is 6.23. The molecular weight excluding hydrogens is 365 g/mol. The molecule has 8 nitrogen and oxygen atoms in total. The van der Waals surface area contributed by atoms with E-state index < -0.39 is 29.0 Å². The van der Waals surface area contributed by atoms with Crippen LogP contribution in [0.4, 0.5) is 10.1 Å². The van der Waals surface area contributed by atoms with Gasteiger partial charge in [0.15, 0.2) is 11.2 Å². The van der Waals surface area contributed by atoms with Gasteiger partial charge in [-0.3, -0.25) is 18.7 Å². The van der Waals surface area contributed by atoms with Crippen LogP contribution in [-0.2, 0) is 18.9 Å². The summed E-state index contributed by atoms with van der Waals surface area (Å²) >= 11 is 5.92. The highest BCUT2D eigenvalue weighted by molar-refractivity contribution is 6.33. The predicted octanol–water partition coefficient (Wildman–Crippen LogP) is 1.43. The van der Waals surface area contributed by atoms with Gasteiger partial charge in [-0.15, -0.1) is 0 Å². The maximum absolute atomic E-state index is 13.1. The van der Waals surface area contributed by atoms with Gasteiger partial charge in [-0.1, -0.05) is 11.6 Å². The summed E-state index contributed by atoms with van der Waals surface area (Å²) in [7, 11) is 2.84. The maximum Gasteiger partial charge on any atom is 0.332 e. The second-order valence-electron chi connectivity index (χ2n) is 5.82. The summed E-state index contributed by atoms with van der Waals surface area (Å²) in [6, 6.07) is 2.77. The molecule has 0 bridgehead atoms. The maximum atomic E-state index is 13.1. The van der Waals surface area contributed by atoms with Crippen LogP contribution in [0.5, 0.6) is 0 Å². The van der Waals surface area contributed by atoms with E-state index in [9.17, 15) is 18.8 Å². The fourth-order valence-corrected chi connectivity index (χ4v) is 2.83. The van der Waals surface area contributed by atoms with Crippen molar-refractivity contribution in [3.8, 4) is 0 Å². The first-order chi connectivity index (χ1) is 12.2. The summed E-state index contributed by atoms with van der Waals surface area (Å²) in [5, 5.41) is 2.64. The van der Waals surface area contributed by atoms with Crippen LogP contribution in [0.2, 0.25) is 5.02 Å². The average Bonchev–Trinajstić information content (AvgIpc) is 3.04. The highest BCUT2D eigenvalue weighted by atomic mass is 35.5. The molecular formula is C16H15ClFN5O3. The number of anilines is 1. The summed E-state index contributed by atoms with van der Waals surface area (Å²) in [4.78, 5) is 41.1. The van der Waals surface area contributed by atoms with Crippen molar-refractivity contribution in [3.05, 3.63) is 56.2 Å². The van der Waals surface area contributed by atoms with Crippen LogP contribution in [-0.4, -0.2) is 24.6 Å². The van der Waals surface area contributed by atoms with E-state index in [1.165, 1.54) is 41.7 Å². The van der Waals surface area contributed by atoms with E-state index in [2.05, 4.69) is 10.3 Å². The van der Waals surface area contributed by atoms with Crippen molar-refractivity contribution in [3.63, 3.8) is 0 Å². The number of hydrogen-bond donors (Lipinski definition) is 1. The zero-order valence-corrected chi connectivity index (χ0v) is 14.9. The minimum absolute atomic E-state index is 0.0550. The van der Waals surface area contributed by atoms with Crippen LogP contribution in [0.1, 0.15) is 13.0 Å². The molecule has 0 saturated carbocycles. The molecule has 1 amide bonds. The Labute approximate surface area is 151 Å². The Bertz CT molecular complexity index is 1150. The van der Waals surface area contributed by atoms with E-state index in [0.29, 0.717) is 0 Å². The molecule has 0 radical (unpaired) electrons. The Kier molecular flexibility index (Phi) is 4.41. The van der Waals surface area contributed by atoms with Gasteiger partial charge in [-0.25, -0.2) is 14.2 Å². The molecule has 1 atom stereocenters. The number of benzene rings is 1. The number of amides is 1. The van der Waals surface area contributed by atoms with Crippen LogP contribution in [0.15, 0.2) is 34.1 Å². The lowest BCUT2D eigenvalue weighted by Gasteiger charge is -2.15. The van der Waals surface area contributed by atoms with E-state index >= 15 is 0 Å². The van der Waals surface area contributed by atoms with Crippen molar-refractivity contribution in [2.75, 3.05) is 5.32 Å². The summed E-state index contributed by atoms with van der Waals surface area (Å²) in [5.41, 5.74) is -0.516. The zero-order valence-electron chi connectivity index (χ0n) is 14.2. The summed E-state index contributed by atoms with van der Waals surface area (Å²) in [6.07, 6.45) is 1.32. The summed E-state index contributed by atoms with van der Waals surface area (Å²) < 4.78 is 16.7. The van der Waals surface area contributed by atoms with Gasteiger partial charge in [-0.05, 0) is 25.1 Å². The number of nitrogens with zero attached hydrogens (tertiary/aromatic N) is 4. The molecule has 0 aliphatic rings. The molecule has 26 heavy (non-hydrogen) atoms. The van der Waals surface area contributed by atoms with Crippen molar-refractivity contribution in [2.24, 2.45) is 14.1 Å². The molecule has 136 valence electrons. The van der Waals surface area contributed by atoms with Gasteiger partial charge in [0, 0.05) is 14.1 Å². The number of rotatable bonds is 3. The van der Waals surface area contributed by atoms with Gasteiger partial charge in [0.25, 0.3) is 5.56 Å². The molecule has 10 heteroatoms. The number of fused-ring (bicyclic) bond motifs is 1.